The first-order chi connectivity index (χ1) is 11.4. The highest BCUT2D eigenvalue weighted by molar-refractivity contribution is 5.59. The summed E-state index contributed by atoms with van der Waals surface area (Å²) in [6, 6.07) is 6.72. The van der Waals surface area contributed by atoms with Gasteiger partial charge in [-0.2, -0.15) is 13.2 Å². The molecular weight excluding hydrogens is 317 g/mol. The van der Waals surface area contributed by atoms with E-state index in [-0.39, 0.29) is 0 Å². The molecule has 1 N–H and O–H groups in total. The lowest BCUT2D eigenvalue weighted by molar-refractivity contribution is -0.137. The van der Waals surface area contributed by atoms with Crippen molar-refractivity contribution in [3.05, 3.63) is 42.2 Å². The van der Waals surface area contributed by atoms with Crippen molar-refractivity contribution in [1.29, 1.82) is 0 Å². The Balaban J connectivity index is 1.70. The molecule has 1 fully saturated rings. The fourth-order valence-corrected chi connectivity index (χ4v) is 2.72. The summed E-state index contributed by atoms with van der Waals surface area (Å²) in [6.45, 7) is 4.16. The third-order valence-electron chi connectivity index (χ3n) is 4.24. The van der Waals surface area contributed by atoms with Gasteiger partial charge in [0.1, 0.15) is 18.0 Å². The zero-order valence-electron chi connectivity index (χ0n) is 13.3. The van der Waals surface area contributed by atoms with Crippen molar-refractivity contribution >= 4 is 17.3 Å². The molecule has 0 unspecified atom stereocenters. The molecule has 128 valence electrons. The van der Waals surface area contributed by atoms with Crippen molar-refractivity contribution in [1.82, 2.24) is 9.97 Å². The van der Waals surface area contributed by atoms with E-state index in [1.165, 1.54) is 18.5 Å². The summed E-state index contributed by atoms with van der Waals surface area (Å²) in [4.78, 5) is 10.7. The monoisotopic (exact) mass is 336 g/mol. The van der Waals surface area contributed by atoms with Gasteiger partial charge in [-0.1, -0.05) is 6.92 Å². The smallest absolute Gasteiger partial charge is 0.356 e. The van der Waals surface area contributed by atoms with E-state index in [0.717, 1.165) is 49.8 Å². The maximum absolute atomic E-state index is 12.6. The zero-order valence-corrected chi connectivity index (χ0v) is 13.3. The maximum atomic E-state index is 12.6. The second kappa shape index (κ2) is 6.67. The lowest BCUT2D eigenvalue weighted by atomic mass is 9.99. The summed E-state index contributed by atoms with van der Waals surface area (Å²) < 4.78 is 37.8. The molecule has 0 aliphatic carbocycles. The van der Waals surface area contributed by atoms with Crippen LogP contribution < -0.4 is 10.2 Å². The minimum absolute atomic E-state index is 0.555. The van der Waals surface area contributed by atoms with Gasteiger partial charge in [0.05, 0.1) is 5.56 Å². The molecule has 1 saturated heterocycles. The number of nitrogens with one attached hydrogen (secondary N) is 1. The van der Waals surface area contributed by atoms with E-state index in [2.05, 4.69) is 27.1 Å². The lowest BCUT2D eigenvalue weighted by Crippen LogP contribution is -2.33. The van der Waals surface area contributed by atoms with Crippen LogP contribution in [0.1, 0.15) is 25.3 Å². The molecule has 0 amide bonds. The molecule has 1 aromatic heterocycles. The molecule has 0 spiro atoms. The van der Waals surface area contributed by atoms with E-state index in [1.54, 1.807) is 0 Å². The average molecular weight is 336 g/mol. The van der Waals surface area contributed by atoms with E-state index >= 15 is 0 Å². The number of rotatable bonds is 3. The van der Waals surface area contributed by atoms with Crippen molar-refractivity contribution in [2.24, 2.45) is 5.92 Å². The number of alkyl halides is 3. The van der Waals surface area contributed by atoms with Gasteiger partial charge in [0.2, 0.25) is 0 Å². The van der Waals surface area contributed by atoms with Crippen LogP contribution in [0.3, 0.4) is 0 Å². The number of benzene rings is 1. The Hall–Kier alpha value is -2.31. The van der Waals surface area contributed by atoms with Crippen LogP contribution in [0, 0.1) is 5.92 Å². The van der Waals surface area contributed by atoms with E-state index < -0.39 is 11.7 Å². The quantitative estimate of drug-likeness (QED) is 0.897. The molecule has 0 bridgehead atoms. The van der Waals surface area contributed by atoms with Gasteiger partial charge < -0.3 is 10.2 Å². The molecule has 2 aromatic rings. The van der Waals surface area contributed by atoms with Crippen LogP contribution in [0.2, 0.25) is 0 Å². The third kappa shape index (κ3) is 3.96. The molecule has 24 heavy (non-hydrogen) atoms. The maximum Gasteiger partial charge on any atom is 0.416 e. The number of nitrogens with zero attached hydrogens (tertiary/aromatic N) is 3. The average Bonchev–Trinajstić information content (AvgIpc) is 2.55. The minimum atomic E-state index is -4.33. The van der Waals surface area contributed by atoms with Gasteiger partial charge in [0.25, 0.3) is 0 Å². The first-order valence-corrected chi connectivity index (χ1v) is 7.93. The minimum Gasteiger partial charge on any atom is -0.356 e. The Labute approximate surface area is 138 Å². The van der Waals surface area contributed by atoms with Crippen LogP contribution in [0.4, 0.5) is 30.5 Å². The number of piperidine rings is 1. The highest BCUT2D eigenvalue weighted by atomic mass is 19.4. The summed E-state index contributed by atoms with van der Waals surface area (Å²) >= 11 is 0. The first-order valence-electron chi connectivity index (χ1n) is 7.93. The summed E-state index contributed by atoms with van der Waals surface area (Å²) in [5.41, 5.74) is -0.112. The second-order valence-electron chi connectivity index (χ2n) is 6.13. The van der Waals surface area contributed by atoms with Gasteiger partial charge in [-0.05, 0) is 43.0 Å². The molecule has 3 rings (SSSR count). The largest absolute Gasteiger partial charge is 0.416 e. The van der Waals surface area contributed by atoms with E-state index in [1.807, 2.05) is 6.07 Å². The highest BCUT2D eigenvalue weighted by Gasteiger charge is 2.29. The Bertz CT molecular complexity index is 677. The van der Waals surface area contributed by atoms with Gasteiger partial charge in [-0.25, -0.2) is 9.97 Å². The fraction of sp³-hybridized carbons (Fsp3) is 0.412. The molecule has 0 atom stereocenters. The molecular formula is C17H19F3N4. The van der Waals surface area contributed by atoms with Crippen LogP contribution in [-0.2, 0) is 6.18 Å². The molecule has 1 aromatic carbocycles. The summed E-state index contributed by atoms with van der Waals surface area (Å²) in [5, 5.41) is 3.03. The Kier molecular flexibility index (Phi) is 4.59. The summed E-state index contributed by atoms with van der Waals surface area (Å²) in [5.74, 6) is 2.14. The normalized spacial score (nSPS) is 16.2. The Morgan fingerprint density at radius 1 is 1.08 bits per heavy atom. The van der Waals surface area contributed by atoms with Gasteiger partial charge in [0.15, 0.2) is 0 Å². The van der Waals surface area contributed by atoms with Crippen LogP contribution in [-0.4, -0.2) is 23.1 Å². The van der Waals surface area contributed by atoms with Gasteiger partial charge in [-0.15, -0.1) is 0 Å². The van der Waals surface area contributed by atoms with E-state index in [4.69, 9.17) is 0 Å². The van der Waals surface area contributed by atoms with Crippen LogP contribution in [0.5, 0.6) is 0 Å². The second-order valence-corrected chi connectivity index (χ2v) is 6.13. The Morgan fingerprint density at radius 2 is 1.75 bits per heavy atom. The number of anilines is 3. The number of aromatic nitrogens is 2. The predicted octanol–water partition coefficient (Wildman–Crippen LogP) is 4.48. The highest BCUT2D eigenvalue weighted by Crippen LogP contribution is 2.30. The van der Waals surface area contributed by atoms with E-state index in [0.29, 0.717) is 11.5 Å². The topological polar surface area (TPSA) is 41.0 Å². The van der Waals surface area contributed by atoms with Crippen LogP contribution in [0.15, 0.2) is 36.7 Å². The fourth-order valence-electron chi connectivity index (χ4n) is 2.72. The van der Waals surface area contributed by atoms with Gasteiger partial charge in [0, 0.05) is 24.8 Å². The summed E-state index contributed by atoms with van der Waals surface area (Å²) in [7, 11) is 0. The molecule has 0 saturated carbocycles. The van der Waals surface area contributed by atoms with Gasteiger partial charge in [-0.3, -0.25) is 0 Å². The van der Waals surface area contributed by atoms with Crippen molar-refractivity contribution in [3.63, 3.8) is 0 Å². The van der Waals surface area contributed by atoms with Crippen molar-refractivity contribution < 1.29 is 13.2 Å². The summed E-state index contributed by atoms with van der Waals surface area (Å²) in [6.07, 6.45) is -0.594. The van der Waals surface area contributed by atoms with Crippen molar-refractivity contribution in [3.8, 4) is 0 Å². The number of hydrogen-bond acceptors (Lipinski definition) is 4. The standard InChI is InChI=1S/C17H19F3N4/c1-12-6-8-24(9-7-12)16-10-15(21-11-22-16)23-14-4-2-13(3-5-14)17(18,19)20/h2-5,10-12H,6-9H2,1H3,(H,21,22,23). The predicted molar refractivity (Wildman–Crippen MR) is 87.4 cm³/mol. The Morgan fingerprint density at radius 3 is 2.38 bits per heavy atom. The molecule has 2 heterocycles. The third-order valence-corrected chi connectivity index (χ3v) is 4.24. The molecule has 4 nitrogen and oxygen atoms in total. The van der Waals surface area contributed by atoms with Gasteiger partial charge >= 0.3 is 6.18 Å². The van der Waals surface area contributed by atoms with E-state index in [9.17, 15) is 13.2 Å². The molecule has 1 aliphatic rings. The molecule has 1 aliphatic heterocycles. The zero-order chi connectivity index (χ0) is 17.2. The lowest BCUT2D eigenvalue weighted by Gasteiger charge is -2.31. The molecule has 7 heteroatoms. The number of hydrogen-bond donors (Lipinski definition) is 1. The molecule has 0 radical (unpaired) electrons. The number of halogens is 3. The van der Waals surface area contributed by atoms with Crippen LogP contribution in [0.25, 0.3) is 0 Å². The SMILES string of the molecule is CC1CCN(c2cc(Nc3ccc(C(F)(F)F)cc3)ncn2)CC1. The van der Waals surface area contributed by atoms with Crippen molar-refractivity contribution in [2.45, 2.75) is 25.9 Å². The first kappa shape index (κ1) is 16.5. The van der Waals surface area contributed by atoms with Crippen LogP contribution >= 0.6 is 0 Å². The van der Waals surface area contributed by atoms with Crippen molar-refractivity contribution in [2.75, 3.05) is 23.3 Å².